The van der Waals surface area contributed by atoms with E-state index in [-0.39, 0.29) is 36.8 Å². The van der Waals surface area contributed by atoms with Gasteiger partial charge in [-0.3, -0.25) is 23.5 Å². The first-order chi connectivity index (χ1) is 20.2. The number of aliphatic hydroxyl groups is 1. The van der Waals surface area contributed by atoms with Crippen LogP contribution in [0.4, 0.5) is 0 Å². The fraction of sp³-hybridized carbons (Fsp3) is 0.276. The minimum Gasteiger partial charge on any atom is -0.497 e. The summed E-state index contributed by atoms with van der Waals surface area (Å²) in [4.78, 5) is 46.3. The van der Waals surface area contributed by atoms with Crippen LogP contribution < -0.4 is 10.3 Å². The predicted molar refractivity (Wildman–Crippen MR) is 154 cm³/mol. The number of hydrogen-bond donors (Lipinski definition) is 3. The molecule has 218 valence electrons. The lowest BCUT2D eigenvalue weighted by Gasteiger charge is -2.13. The number of imidazole rings is 1. The third kappa shape index (κ3) is 5.64. The second-order valence-electron chi connectivity index (χ2n) is 9.69. The molecule has 0 unspecified atom stereocenters. The standard InChI is InChI=1S/C19H16ClNO4.C10H12N4O3/c1-11-15(10-18(22)23)16-9-14(25-2)7-8-17(16)21(11)19(24)12-3-5-13(20)6-4-12;15-3-6-1-2-7(17-6)14-5-13-8-9(14)11-4-12-10(8)16/h3-9H,10H2,1-2H3,(H,22,23);4-7,15H,1-3H2,(H,11,12,16)/t;6-,7+/m.0/s1. The quantitative estimate of drug-likeness (QED) is 0.266. The largest absolute Gasteiger partial charge is 0.497 e. The summed E-state index contributed by atoms with van der Waals surface area (Å²) in [5.74, 6) is -0.583. The first kappa shape index (κ1) is 29.0. The van der Waals surface area contributed by atoms with Crippen LogP contribution in [-0.4, -0.2) is 66.0 Å². The number of nitrogens with one attached hydrogen (secondary N) is 1. The van der Waals surface area contributed by atoms with Crippen molar-refractivity contribution in [2.24, 2.45) is 0 Å². The maximum absolute atomic E-state index is 13.0. The summed E-state index contributed by atoms with van der Waals surface area (Å²) in [5.41, 5.74) is 2.89. The molecular formula is C29H28ClN5O7. The number of aromatic amines is 1. The molecule has 3 N–H and O–H groups in total. The maximum atomic E-state index is 13.0. The van der Waals surface area contributed by atoms with E-state index in [1.165, 1.54) is 10.9 Å². The third-order valence-electron chi connectivity index (χ3n) is 7.13. The highest BCUT2D eigenvalue weighted by molar-refractivity contribution is 6.30. The highest BCUT2D eigenvalue weighted by Crippen LogP contribution is 2.31. The second kappa shape index (κ2) is 12.1. The van der Waals surface area contributed by atoms with E-state index in [1.54, 1.807) is 67.4 Å². The minimum atomic E-state index is -0.955. The zero-order valence-corrected chi connectivity index (χ0v) is 23.5. The molecule has 1 aliphatic rings. The summed E-state index contributed by atoms with van der Waals surface area (Å²) in [6.07, 6.45) is 3.97. The van der Waals surface area contributed by atoms with E-state index in [0.717, 1.165) is 12.8 Å². The van der Waals surface area contributed by atoms with E-state index in [0.29, 0.717) is 49.7 Å². The molecule has 0 saturated carbocycles. The monoisotopic (exact) mass is 593 g/mol. The molecule has 0 spiro atoms. The molecule has 3 aromatic heterocycles. The summed E-state index contributed by atoms with van der Waals surface area (Å²) < 4.78 is 14.1. The van der Waals surface area contributed by atoms with Crippen molar-refractivity contribution in [3.05, 3.63) is 87.3 Å². The van der Waals surface area contributed by atoms with E-state index in [2.05, 4.69) is 15.0 Å². The van der Waals surface area contributed by atoms with Crippen molar-refractivity contribution < 1.29 is 29.3 Å². The summed E-state index contributed by atoms with van der Waals surface area (Å²) >= 11 is 5.89. The van der Waals surface area contributed by atoms with E-state index in [9.17, 15) is 19.5 Å². The Kier molecular flexibility index (Phi) is 8.39. The molecule has 0 aliphatic carbocycles. The van der Waals surface area contributed by atoms with Crippen LogP contribution in [0, 0.1) is 6.92 Å². The maximum Gasteiger partial charge on any atom is 0.307 e. The van der Waals surface area contributed by atoms with Crippen LogP contribution in [-0.2, 0) is 16.0 Å². The predicted octanol–water partition coefficient (Wildman–Crippen LogP) is 3.72. The average Bonchev–Trinajstić information content (AvgIpc) is 3.70. The number of carboxylic acids is 1. The van der Waals surface area contributed by atoms with Gasteiger partial charge in [-0.15, -0.1) is 0 Å². The second-order valence-corrected chi connectivity index (χ2v) is 10.1. The molecule has 2 aromatic carbocycles. The Morgan fingerprint density at radius 1 is 1.17 bits per heavy atom. The molecule has 12 nitrogen and oxygen atoms in total. The number of nitrogens with zero attached hydrogens (tertiary/aromatic N) is 4. The van der Waals surface area contributed by atoms with Gasteiger partial charge in [0, 0.05) is 21.7 Å². The van der Waals surface area contributed by atoms with Crippen LogP contribution in [0.25, 0.3) is 22.1 Å². The Morgan fingerprint density at radius 2 is 1.93 bits per heavy atom. The number of rotatable bonds is 6. The number of methoxy groups -OCH3 is 1. The van der Waals surface area contributed by atoms with E-state index >= 15 is 0 Å². The Balaban J connectivity index is 0.000000180. The first-order valence-electron chi connectivity index (χ1n) is 13.1. The van der Waals surface area contributed by atoms with Crippen molar-refractivity contribution in [2.45, 2.75) is 38.5 Å². The van der Waals surface area contributed by atoms with Gasteiger partial charge in [0.05, 0.1) is 44.4 Å². The Hall–Kier alpha value is -4.52. The van der Waals surface area contributed by atoms with Crippen molar-refractivity contribution in [3.63, 3.8) is 0 Å². The number of aliphatic carboxylic acids is 1. The molecule has 1 fully saturated rings. The number of benzene rings is 2. The lowest BCUT2D eigenvalue weighted by Crippen LogP contribution is -2.14. The van der Waals surface area contributed by atoms with Crippen molar-refractivity contribution in [1.29, 1.82) is 0 Å². The third-order valence-corrected chi connectivity index (χ3v) is 7.38. The number of carbonyl (C=O) groups is 2. The molecule has 5 aromatic rings. The van der Waals surface area contributed by atoms with Gasteiger partial charge in [0.1, 0.15) is 12.0 Å². The summed E-state index contributed by atoms with van der Waals surface area (Å²) in [5, 5.41) is 19.5. The summed E-state index contributed by atoms with van der Waals surface area (Å²) in [7, 11) is 1.54. The van der Waals surface area contributed by atoms with Gasteiger partial charge in [-0.2, -0.15) is 0 Å². The molecule has 2 atom stereocenters. The van der Waals surface area contributed by atoms with Crippen molar-refractivity contribution in [1.82, 2.24) is 24.1 Å². The number of carboxylic acid groups (broad SMARTS) is 1. The zero-order chi connectivity index (χ0) is 30.0. The molecule has 1 saturated heterocycles. The number of ether oxygens (including phenoxy) is 2. The SMILES string of the molecule is COc1ccc2c(c1)c(CC(=O)O)c(C)n2C(=O)c1ccc(Cl)cc1.O=c1[nH]cnc2c1ncn2[C@H]1CC[C@@H](CO)O1. The van der Waals surface area contributed by atoms with E-state index in [4.69, 9.17) is 26.2 Å². The zero-order valence-electron chi connectivity index (χ0n) is 22.8. The number of aliphatic hydroxyl groups excluding tert-OH is 1. The number of carbonyl (C=O) groups excluding carboxylic acids is 1. The van der Waals surface area contributed by atoms with Gasteiger partial charge in [0.2, 0.25) is 0 Å². The van der Waals surface area contributed by atoms with Gasteiger partial charge >= 0.3 is 5.97 Å². The molecule has 13 heteroatoms. The number of fused-ring (bicyclic) bond motifs is 2. The summed E-state index contributed by atoms with van der Waals surface area (Å²) in [6.45, 7) is 1.76. The van der Waals surface area contributed by atoms with E-state index in [1.807, 2.05) is 0 Å². The lowest BCUT2D eigenvalue weighted by molar-refractivity contribution is -0.136. The normalized spacial score (nSPS) is 16.4. The first-order valence-corrected chi connectivity index (χ1v) is 13.5. The molecule has 1 aliphatic heterocycles. The molecule has 0 radical (unpaired) electrons. The molecule has 6 rings (SSSR count). The topological polar surface area (TPSA) is 162 Å². The van der Waals surface area contributed by atoms with Crippen LogP contribution in [0.3, 0.4) is 0 Å². The Labute approximate surface area is 244 Å². The smallest absolute Gasteiger partial charge is 0.307 e. The van der Waals surface area contributed by atoms with Crippen molar-refractivity contribution >= 4 is 45.5 Å². The van der Waals surface area contributed by atoms with Crippen LogP contribution in [0.1, 0.15) is 40.7 Å². The van der Waals surface area contributed by atoms with Crippen molar-refractivity contribution in [3.8, 4) is 5.75 Å². The van der Waals surface area contributed by atoms with Crippen LogP contribution in [0.2, 0.25) is 5.02 Å². The highest BCUT2D eigenvalue weighted by Gasteiger charge is 2.27. The van der Waals surface area contributed by atoms with Crippen LogP contribution in [0.5, 0.6) is 5.75 Å². The number of H-pyrrole nitrogens is 1. The summed E-state index contributed by atoms with van der Waals surface area (Å²) in [6, 6.07) is 11.9. The fourth-order valence-electron chi connectivity index (χ4n) is 5.05. The van der Waals surface area contributed by atoms with Gasteiger partial charge < -0.3 is 24.7 Å². The van der Waals surface area contributed by atoms with Crippen LogP contribution >= 0.6 is 11.6 Å². The molecule has 42 heavy (non-hydrogen) atoms. The fourth-order valence-corrected chi connectivity index (χ4v) is 5.17. The number of hydrogen-bond acceptors (Lipinski definition) is 8. The Morgan fingerprint density at radius 3 is 2.60 bits per heavy atom. The molecule has 0 bridgehead atoms. The molecule has 4 heterocycles. The molecule has 0 amide bonds. The molecular weight excluding hydrogens is 566 g/mol. The van der Waals surface area contributed by atoms with E-state index < -0.39 is 5.97 Å². The average molecular weight is 594 g/mol. The van der Waals surface area contributed by atoms with Gasteiger partial charge in [-0.1, -0.05) is 11.6 Å². The highest BCUT2D eigenvalue weighted by atomic mass is 35.5. The van der Waals surface area contributed by atoms with Crippen molar-refractivity contribution in [2.75, 3.05) is 13.7 Å². The minimum absolute atomic E-state index is 0.0111. The number of aromatic nitrogens is 5. The van der Waals surface area contributed by atoms with Gasteiger partial charge in [0.25, 0.3) is 11.5 Å². The van der Waals surface area contributed by atoms with Gasteiger partial charge in [0.15, 0.2) is 11.2 Å². The number of halogens is 1. The Bertz CT molecular complexity index is 1830. The van der Waals surface area contributed by atoms with Gasteiger partial charge in [-0.25, -0.2) is 9.97 Å². The van der Waals surface area contributed by atoms with Crippen LogP contribution in [0.15, 0.2) is 59.9 Å². The van der Waals surface area contributed by atoms with Gasteiger partial charge in [-0.05, 0) is 67.8 Å². The lowest BCUT2D eigenvalue weighted by atomic mass is 10.1.